The number of amides is 1. The average molecular weight is 240 g/mol. The summed E-state index contributed by atoms with van der Waals surface area (Å²) in [6.07, 6.45) is 3.95. The van der Waals surface area contributed by atoms with Crippen molar-refractivity contribution in [3.8, 4) is 0 Å². The molecule has 2 aliphatic rings. The van der Waals surface area contributed by atoms with Gasteiger partial charge in [-0.05, 0) is 44.9 Å². The van der Waals surface area contributed by atoms with Crippen molar-refractivity contribution in [2.75, 3.05) is 0 Å². The summed E-state index contributed by atoms with van der Waals surface area (Å²) in [7, 11) is 0. The molecule has 0 heterocycles. The molecular formula is C12H20N2O3. The molecule has 0 bridgehead atoms. The predicted octanol–water partition coefficient (Wildman–Crippen LogP) is 0.483. The van der Waals surface area contributed by atoms with Gasteiger partial charge < -0.3 is 16.2 Å². The van der Waals surface area contributed by atoms with E-state index in [9.17, 15) is 9.59 Å². The van der Waals surface area contributed by atoms with Gasteiger partial charge in [-0.2, -0.15) is 0 Å². The Kier molecular flexibility index (Phi) is 3.12. The van der Waals surface area contributed by atoms with E-state index in [1.165, 1.54) is 0 Å². The highest BCUT2D eigenvalue weighted by molar-refractivity contribution is 5.86. The molecule has 0 aromatic carbocycles. The molecule has 1 unspecified atom stereocenters. The van der Waals surface area contributed by atoms with Crippen LogP contribution in [0.1, 0.15) is 39.0 Å². The zero-order valence-corrected chi connectivity index (χ0v) is 10.1. The van der Waals surface area contributed by atoms with Gasteiger partial charge in [0.1, 0.15) is 0 Å². The van der Waals surface area contributed by atoms with Gasteiger partial charge in [0.15, 0.2) is 0 Å². The second-order valence-electron chi connectivity index (χ2n) is 5.58. The maximum Gasteiger partial charge on any atom is 0.306 e. The molecule has 3 atom stereocenters. The standard InChI is InChI=1S/C12H20N2O3/c1-12(13,8-3-4-8)11(17)14-9-5-2-7(6-9)10(15)16/h7-9H,2-6,13H2,1H3,(H,14,17)(H,15,16)/t7-,9+,12?/m1/s1. The maximum atomic E-state index is 12.0. The number of carbonyl (C=O) groups excluding carboxylic acids is 1. The molecule has 2 fully saturated rings. The molecular weight excluding hydrogens is 220 g/mol. The number of hydrogen-bond acceptors (Lipinski definition) is 3. The molecule has 5 nitrogen and oxygen atoms in total. The van der Waals surface area contributed by atoms with E-state index in [0.717, 1.165) is 19.3 Å². The Morgan fingerprint density at radius 1 is 1.29 bits per heavy atom. The highest BCUT2D eigenvalue weighted by atomic mass is 16.4. The molecule has 5 heteroatoms. The van der Waals surface area contributed by atoms with E-state index in [0.29, 0.717) is 18.8 Å². The van der Waals surface area contributed by atoms with Crippen LogP contribution in [0.25, 0.3) is 0 Å². The lowest BCUT2D eigenvalue weighted by atomic mass is 9.95. The van der Waals surface area contributed by atoms with Crippen LogP contribution in [0.2, 0.25) is 0 Å². The third-order valence-electron chi connectivity index (χ3n) is 4.03. The van der Waals surface area contributed by atoms with Gasteiger partial charge in [-0.25, -0.2) is 0 Å². The lowest BCUT2D eigenvalue weighted by molar-refractivity contribution is -0.141. The molecule has 0 aliphatic heterocycles. The summed E-state index contributed by atoms with van der Waals surface area (Å²) in [4.78, 5) is 22.8. The summed E-state index contributed by atoms with van der Waals surface area (Å²) >= 11 is 0. The Bertz CT molecular complexity index is 337. The third kappa shape index (κ3) is 2.60. The van der Waals surface area contributed by atoms with E-state index < -0.39 is 11.5 Å². The van der Waals surface area contributed by atoms with Gasteiger partial charge in [-0.3, -0.25) is 9.59 Å². The Labute approximate surface area is 101 Å². The van der Waals surface area contributed by atoms with Crippen LogP contribution in [0.15, 0.2) is 0 Å². The van der Waals surface area contributed by atoms with E-state index in [1.807, 2.05) is 0 Å². The minimum absolute atomic E-state index is 0.0229. The molecule has 0 aromatic heterocycles. The van der Waals surface area contributed by atoms with Crippen LogP contribution >= 0.6 is 0 Å². The van der Waals surface area contributed by atoms with Crippen molar-refractivity contribution < 1.29 is 14.7 Å². The molecule has 96 valence electrons. The minimum atomic E-state index is -0.790. The second-order valence-corrected chi connectivity index (χ2v) is 5.58. The molecule has 0 radical (unpaired) electrons. The van der Waals surface area contributed by atoms with Crippen molar-refractivity contribution in [3.63, 3.8) is 0 Å². The average Bonchev–Trinajstić information content (AvgIpc) is 3.00. The fourth-order valence-corrected chi connectivity index (χ4v) is 2.55. The molecule has 0 spiro atoms. The van der Waals surface area contributed by atoms with Crippen molar-refractivity contribution >= 4 is 11.9 Å². The molecule has 4 N–H and O–H groups in total. The van der Waals surface area contributed by atoms with Gasteiger partial charge in [-0.1, -0.05) is 0 Å². The van der Waals surface area contributed by atoms with Crippen LogP contribution in [0, 0.1) is 11.8 Å². The number of carbonyl (C=O) groups is 2. The fourth-order valence-electron chi connectivity index (χ4n) is 2.55. The highest BCUT2D eigenvalue weighted by Crippen LogP contribution is 2.38. The molecule has 2 aliphatic carbocycles. The van der Waals surface area contributed by atoms with Crippen molar-refractivity contribution in [2.24, 2.45) is 17.6 Å². The van der Waals surface area contributed by atoms with E-state index >= 15 is 0 Å². The summed E-state index contributed by atoms with van der Waals surface area (Å²) in [6.45, 7) is 1.77. The van der Waals surface area contributed by atoms with Crippen molar-refractivity contribution in [1.82, 2.24) is 5.32 Å². The highest BCUT2D eigenvalue weighted by Gasteiger charge is 2.45. The lowest BCUT2D eigenvalue weighted by Crippen LogP contribution is -2.55. The first-order valence-electron chi connectivity index (χ1n) is 6.24. The number of hydrogen-bond donors (Lipinski definition) is 3. The Hall–Kier alpha value is -1.10. The summed E-state index contributed by atoms with van der Waals surface area (Å²) in [5.41, 5.74) is 5.22. The second kappa shape index (κ2) is 4.29. The van der Waals surface area contributed by atoms with Crippen LogP contribution < -0.4 is 11.1 Å². The van der Waals surface area contributed by atoms with E-state index in [-0.39, 0.29) is 17.9 Å². The molecule has 2 saturated carbocycles. The van der Waals surface area contributed by atoms with Crippen LogP contribution in [-0.4, -0.2) is 28.6 Å². The number of nitrogens with one attached hydrogen (secondary N) is 1. The summed E-state index contributed by atoms with van der Waals surface area (Å²) in [5, 5.41) is 11.8. The number of nitrogens with two attached hydrogens (primary N) is 1. The smallest absolute Gasteiger partial charge is 0.306 e. The van der Waals surface area contributed by atoms with Crippen molar-refractivity contribution in [2.45, 2.75) is 50.6 Å². The van der Waals surface area contributed by atoms with Gasteiger partial charge in [0.2, 0.25) is 5.91 Å². The predicted molar refractivity (Wildman–Crippen MR) is 62.2 cm³/mol. The largest absolute Gasteiger partial charge is 0.481 e. The number of aliphatic carboxylic acids is 1. The zero-order valence-electron chi connectivity index (χ0n) is 10.1. The van der Waals surface area contributed by atoms with E-state index in [2.05, 4.69) is 5.32 Å². The topological polar surface area (TPSA) is 92.4 Å². The third-order valence-corrected chi connectivity index (χ3v) is 4.03. The number of carboxylic acid groups (broad SMARTS) is 1. The Balaban J connectivity index is 1.85. The summed E-state index contributed by atoms with van der Waals surface area (Å²) in [5.74, 6) is -0.917. The number of carboxylic acids is 1. The number of rotatable bonds is 4. The Morgan fingerprint density at radius 3 is 2.41 bits per heavy atom. The van der Waals surface area contributed by atoms with Crippen molar-refractivity contribution in [3.05, 3.63) is 0 Å². The van der Waals surface area contributed by atoms with Gasteiger partial charge >= 0.3 is 5.97 Å². The first-order chi connectivity index (χ1) is 7.91. The zero-order chi connectivity index (χ0) is 12.6. The van der Waals surface area contributed by atoms with Gasteiger partial charge in [0.25, 0.3) is 0 Å². The summed E-state index contributed by atoms with van der Waals surface area (Å²) in [6, 6.07) is -0.0229. The Morgan fingerprint density at radius 2 is 1.94 bits per heavy atom. The van der Waals surface area contributed by atoms with E-state index in [1.54, 1.807) is 6.92 Å². The normalized spacial score (nSPS) is 31.9. The quantitative estimate of drug-likeness (QED) is 0.666. The molecule has 2 rings (SSSR count). The van der Waals surface area contributed by atoms with Gasteiger partial charge in [0, 0.05) is 6.04 Å². The fraction of sp³-hybridized carbons (Fsp3) is 0.833. The van der Waals surface area contributed by atoms with Crippen LogP contribution in [0.5, 0.6) is 0 Å². The molecule has 0 saturated heterocycles. The maximum absolute atomic E-state index is 12.0. The first-order valence-corrected chi connectivity index (χ1v) is 6.24. The van der Waals surface area contributed by atoms with Crippen LogP contribution in [0.4, 0.5) is 0 Å². The summed E-state index contributed by atoms with van der Waals surface area (Å²) < 4.78 is 0. The van der Waals surface area contributed by atoms with Crippen LogP contribution in [0.3, 0.4) is 0 Å². The minimum Gasteiger partial charge on any atom is -0.481 e. The molecule has 17 heavy (non-hydrogen) atoms. The SMILES string of the molecule is CC(N)(C(=O)N[C@H]1CC[C@@H](C(=O)O)C1)C1CC1. The van der Waals surface area contributed by atoms with Gasteiger partial charge in [-0.15, -0.1) is 0 Å². The van der Waals surface area contributed by atoms with Crippen molar-refractivity contribution in [1.29, 1.82) is 0 Å². The molecule has 1 amide bonds. The monoisotopic (exact) mass is 240 g/mol. The molecule has 0 aromatic rings. The van der Waals surface area contributed by atoms with Gasteiger partial charge in [0.05, 0.1) is 11.5 Å². The lowest BCUT2D eigenvalue weighted by Gasteiger charge is -2.25. The van der Waals surface area contributed by atoms with E-state index in [4.69, 9.17) is 10.8 Å². The first kappa shape index (κ1) is 12.4. The van der Waals surface area contributed by atoms with Crippen LogP contribution in [-0.2, 0) is 9.59 Å².